The first-order valence-corrected chi connectivity index (χ1v) is 9.61. The van der Waals surface area contributed by atoms with Gasteiger partial charge in [-0.1, -0.05) is 6.07 Å². The largest absolute Gasteiger partial charge is 0.506 e. The van der Waals surface area contributed by atoms with E-state index in [0.717, 1.165) is 10.9 Å². The number of thiophene rings is 2. The Bertz CT molecular complexity index is 1210. The molecule has 4 aromatic rings. The molecule has 0 aliphatic carbocycles. The van der Waals surface area contributed by atoms with Crippen LogP contribution in [0.15, 0.2) is 28.4 Å². The Morgan fingerprint density at radius 2 is 2.23 bits per heavy atom. The standard InChI is InChI=1S/C18H14N2O4S2/c1-3-24-18(23)12-8(2)19-17-14(13(12)10-5-4-6-25-10)15-16(26-17)9(21)7-11(22)20-15/h4-7H,3H2,1-2H3,(H2,20,21,22). The molecule has 0 radical (unpaired) electrons. The minimum atomic E-state index is -0.454. The SMILES string of the molecule is CCOC(=O)c1c(C)nc2sc3c(O)cc(=O)[nH]c3c2c1-c1cccs1. The van der Waals surface area contributed by atoms with Crippen LogP contribution in [0, 0.1) is 6.92 Å². The van der Waals surface area contributed by atoms with Crippen molar-refractivity contribution in [3.05, 3.63) is 45.2 Å². The molecular weight excluding hydrogens is 372 g/mol. The maximum Gasteiger partial charge on any atom is 0.340 e. The number of aromatic nitrogens is 2. The van der Waals surface area contributed by atoms with Crippen LogP contribution in [0.5, 0.6) is 5.75 Å². The molecule has 0 aliphatic rings. The molecule has 132 valence electrons. The van der Waals surface area contributed by atoms with E-state index in [1.165, 1.54) is 22.7 Å². The van der Waals surface area contributed by atoms with Gasteiger partial charge in [-0.25, -0.2) is 9.78 Å². The molecule has 4 aromatic heterocycles. The van der Waals surface area contributed by atoms with Crippen molar-refractivity contribution in [2.75, 3.05) is 6.61 Å². The zero-order valence-electron chi connectivity index (χ0n) is 14.0. The molecule has 0 saturated carbocycles. The van der Waals surface area contributed by atoms with E-state index < -0.39 is 11.5 Å². The smallest absolute Gasteiger partial charge is 0.340 e. The van der Waals surface area contributed by atoms with Crippen molar-refractivity contribution in [3.8, 4) is 16.2 Å². The number of aromatic amines is 1. The highest BCUT2D eigenvalue weighted by Crippen LogP contribution is 2.44. The molecule has 0 fully saturated rings. The summed E-state index contributed by atoms with van der Waals surface area (Å²) in [6.07, 6.45) is 0. The third-order valence-corrected chi connectivity index (χ3v) is 6.01. The number of hydrogen-bond acceptors (Lipinski definition) is 7. The van der Waals surface area contributed by atoms with Gasteiger partial charge in [-0.15, -0.1) is 22.7 Å². The second-order valence-corrected chi connectivity index (χ2v) is 7.60. The third-order valence-electron chi connectivity index (χ3n) is 4.02. The summed E-state index contributed by atoms with van der Waals surface area (Å²) < 4.78 is 5.77. The van der Waals surface area contributed by atoms with Crippen LogP contribution in [0.25, 0.3) is 30.9 Å². The van der Waals surface area contributed by atoms with Crippen molar-refractivity contribution >= 4 is 49.1 Å². The Labute approximate surface area is 155 Å². The molecule has 0 aromatic carbocycles. The topological polar surface area (TPSA) is 92.3 Å². The van der Waals surface area contributed by atoms with Crippen LogP contribution in [0.2, 0.25) is 0 Å². The second kappa shape index (κ2) is 6.22. The van der Waals surface area contributed by atoms with Gasteiger partial charge in [0.2, 0.25) is 0 Å². The number of hydrogen-bond donors (Lipinski definition) is 2. The number of H-pyrrole nitrogens is 1. The Hall–Kier alpha value is -2.71. The summed E-state index contributed by atoms with van der Waals surface area (Å²) >= 11 is 2.76. The van der Waals surface area contributed by atoms with Crippen molar-refractivity contribution in [2.45, 2.75) is 13.8 Å². The maximum atomic E-state index is 12.6. The summed E-state index contributed by atoms with van der Waals surface area (Å²) in [7, 11) is 0. The lowest BCUT2D eigenvalue weighted by molar-refractivity contribution is 0.0526. The molecule has 4 rings (SSSR count). The van der Waals surface area contributed by atoms with Crippen LogP contribution in [-0.4, -0.2) is 27.7 Å². The van der Waals surface area contributed by atoms with E-state index in [1.807, 2.05) is 17.5 Å². The highest BCUT2D eigenvalue weighted by atomic mass is 32.1. The predicted molar refractivity (Wildman–Crippen MR) is 103 cm³/mol. The van der Waals surface area contributed by atoms with Crippen molar-refractivity contribution in [2.24, 2.45) is 0 Å². The lowest BCUT2D eigenvalue weighted by Crippen LogP contribution is -2.10. The second-order valence-electron chi connectivity index (χ2n) is 5.65. The first-order valence-electron chi connectivity index (χ1n) is 7.91. The van der Waals surface area contributed by atoms with Crippen LogP contribution in [0.3, 0.4) is 0 Å². The summed E-state index contributed by atoms with van der Waals surface area (Å²) in [4.78, 5) is 33.4. The van der Waals surface area contributed by atoms with Crippen molar-refractivity contribution in [1.29, 1.82) is 0 Å². The lowest BCUT2D eigenvalue weighted by atomic mass is 10.0. The highest BCUT2D eigenvalue weighted by molar-refractivity contribution is 7.26. The van der Waals surface area contributed by atoms with Crippen molar-refractivity contribution < 1.29 is 14.6 Å². The molecule has 26 heavy (non-hydrogen) atoms. The van der Waals surface area contributed by atoms with Crippen LogP contribution < -0.4 is 5.56 Å². The molecular formula is C18H14N2O4S2. The summed E-state index contributed by atoms with van der Waals surface area (Å²) in [5.74, 6) is -0.552. The van der Waals surface area contributed by atoms with Gasteiger partial charge in [0.15, 0.2) is 0 Å². The van der Waals surface area contributed by atoms with E-state index >= 15 is 0 Å². The van der Waals surface area contributed by atoms with E-state index in [1.54, 1.807) is 13.8 Å². The van der Waals surface area contributed by atoms with E-state index in [2.05, 4.69) is 9.97 Å². The number of rotatable bonds is 3. The normalized spacial score (nSPS) is 11.3. The Morgan fingerprint density at radius 1 is 1.42 bits per heavy atom. The Balaban J connectivity index is 2.23. The molecule has 0 spiro atoms. The number of aromatic hydroxyl groups is 1. The monoisotopic (exact) mass is 386 g/mol. The number of aryl methyl sites for hydroxylation is 1. The molecule has 0 bridgehead atoms. The molecule has 2 N–H and O–H groups in total. The zero-order chi connectivity index (χ0) is 18.4. The number of esters is 1. The molecule has 0 amide bonds. The average molecular weight is 386 g/mol. The van der Waals surface area contributed by atoms with Gasteiger partial charge in [-0.05, 0) is 25.3 Å². The quantitative estimate of drug-likeness (QED) is 0.518. The van der Waals surface area contributed by atoms with Gasteiger partial charge in [0.25, 0.3) is 5.56 Å². The van der Waals surface area contributed by atoms with Crippen LogP contribution in [0.1, 0.15) is 23.0 Å². The Kier molecular flexibility index (Phi) is 4.01. The number of carbonyl (C=O) groups is 1. The molecule has 0 aliphatic heterocycles. The summed E-state index contributed by atoms with van der Waals surface area (Å²) in [6.45, 7) is 3.76. The van der Waals surface area contributed by atoms with Gasteiger partial charge in [0.05, 0.1) is 28.1 Å². The van der Waals surface area contributed by atoms with Gasteiger partial charge in [-0.3, -0.25) is 4.79 Å². The molecule has 6 nitrogen and oxygen atoms in total. The zero-order valence-corrected chi connectivity index (χ0v) is 15.6. The van der Waals surface area contributed by atoms with E-state index in [4.69, 9.17) is 4.74 Å². The Morgan fingerprint density at radius 3 is 2.92 bits per heavy atom. The molecule has 0 unspecified atom stereocenters. The van der Waals surface area contributed by atoms with Crippen molar-refractivity contribution in [1.82, 2.24) is 9.97 Å². The average Bonchev–Trinajstić information content (AvgIpc) is 3.21. The molecule has 0 saturated heterocycles. The number of fused-ring (bicyclic) bond motifs is 3. The summed E-state index contributed by atoms with van der Waals surface area (Å²) in [5, 5.41) is 12.7. The van der Waals surface area contributed by atoms with Gasteiger partial charge >= 0.3 is 5.97 Å². The fraction of sp³-hybridized carbons (Fsp3) is 0.167. The number of pyridine rings is 2. The van der Waals surface area contributed by atoms with Gasteiger partial charge in [0, 0.05) is 21.9 Å². The first-order chi connectivity index (χ1) is 12.5. The van der Waals surface area contributed by atoms with Crippen LogP contribution >= 0.6 is 22.7 Å². The molecule has 4 heterocycles. The van der Waals surface area contributed by atoms with Crippen LogP contribution in [0.4, 0.5) is 0 Å². The summed E-state index contributed by atoms with van der Waals surface area (Å²) in [6, 6.07) is 4.94. The molecule has 8 heteroatoms. The minimum Gasteiger partial charge on any atom is -0.506 e. The van der Waals surface area contributed by atoms with Crippen LogP contribution in [-0.2, 0) is 4.74 Å². The predicted octanol–water partition coefficient (Wildman–Crippen LogP) is 4.06. The van der Waals surface area contributed by atoms with E-state index in [-0.39, 0.29) is 12.4 Å². The minimum absolute atomic E-state index is 0.0979. The fourth-order valence-corrected chi connectivity index (χ4v) is 4.90. The summed E-state index contributed by atoms with van der Waals surface area (Å²) in [5.41, 5.74) is 1.67. The van der Waals surface area contributed by atoms with Gasteiger partial charge in [0.1, 0.15) is 10.6 Å². The third kappa shape index (κ3) is 2.49. The van der Waals surface area contributed by atoms with Gasteiger partial charge < -0.3 is 14.8 Å². The fourth-order valence-electron chi connectivity index (χ4n) is 3.01. The highest BCUT2D eigenvalue weighted by Gasteiger charge is 2.25. The maximum absolute atomic E-state index is 12.6. The number of carbonyl (C=O) groups excluding carboxylic acids is 1. The number of nitrogens with zero attached hydrogens (tertiary/aromatic N) is 1. The van der Waals surface area contributed by atoms with E-state index in [9.17, 15) is 14.7 Å². The molecule has 0 atom stereocenters. The lowest BCUT2D eigenvalue weighted by Gasteiger charge is -2.12. The van der Waals surface area contributed by atoms with E-state index in [0.29, 0.717) is 37.3 Å². The van der Waals surface area contributed by atoms with Crippen molar-refractivity contribution in [3.63, 3.8) is 0 Å². The number of nitrogens with one attached hydrogen (secondary N) is 1. The van der Waals surface area contributed by atoms with Gasteiger partial charge in [-0.2, -0.15) is 0 Å². The first kappa shape index (κ1) is 16.7. The number of ether oxygens (including phenoxy) is 1.